The van der Waals surface area contributed by atoms with Gasteiger partial charge >= 0.3 is 0 Å². The van der Waals surface area contributed by atoms with Gasteiger partial charge in [-0.1, -0.05) is 0 Å². The van der Waals surface area contributed by atoms with Crippen molar-refractivity contribution in [2.45, 2.75) is 12.5 Å². The van der Waals surface area contributed by atoms with E-state index in [2.05, 4.69) is 10.2 Å². The number of aromatic nitrogens is 2. The maximum absolute atomic E-state index is 11.7. The second kappa shape index (κ2) is 3.02. The largest absolute Gasteiger partial charge is 0.386 e. The molecule has 0 saturated carbocycles. The van der Waals surface area contributed by atoms with E-state index in [1.807, 2.05) is 0 Å². The Morgan fingerprint density at radius 1 is 1.57 bits per heavy atom. The first-order valence-corrected chi connectivity index (χ1v) is 4.37. The summed E-state index contributed by atoms with van der Waals surface area (Å²) >= 11 is 0. The van der Waals surface area contributed by atoms with Crippen LogP contribution in [0.1, 0.15) is 17.3 Å². The summed E-state index contributed by atoms with van der Waals surface area (Å²) in [5, 5.41) is 16.7. The summed E-state index contributed by atoms with van der Waals surface area (Å²) in [6.45, 7) is 2.48. The van der Waals surface area contributed by atoms with Gasteiger partial charge in [-0.25, -0.2) is 0 Å². The van der Waals surface area contributed by atoms with Crippen molar-refractivity contribution in [3.8, 4) is 0 Å². The summed E-state index contributed by atoms with van der Waals surface area (Å²) in [6.07, 6.45) is 2.90. The summed E-state index contributed by atoms with van der Waals surface area (Å²) in [6, 6.07) is 1.61. The van der Waals surface area contributed by atoms with Gasteiger partial charge in [-0.15, -0.1) is 0 Å². The zero-order valence-corrected chi connectivity index (χ0v) is 7.84. The molecule has 1 saturated heterocycles. The Hall–Kier alpha value is -1.49. The van der Waals surface area contributed by atoms with E-state index < -0.39 is 5.60 Å². The van der Waals surface area contributed by atoms with E-state index in [4.69, 9.17) is 0 Å². The molecule has 0 bridgehead atoms. The summed E-state index contributed by atoms with van der Waals surface area (Å²) in [5.74, 6) is -0.105. The standard InChI is InChI=1S/C9H11N3O2/c1-9(14)5-12(6-9)8(13)7-2-3-10-11-4-7/h2-4,14H,5-6H2,1H3. The van der Waals surface area contributed by atoms with E-state index in [1.54, 1.807) is 17.9 Å². The Bertz CT molecular complexity index is 342. The molecule has 1 aromatic rings. The molecule has 74 valence electrons. The van der Waals surface area contributed by atoms with E-state index in [0.717, 1.165) is 0 Å². The van der Waals surface area contributed by atoms with E-state index >= 15 is 0 Å². The van der Waals surface area contributed by atoms with E-state index in [0.29, 0.717) is 18.7 Å². The zero-order valence-electron chi connectivity index (χ0n) is 7.84. The average Bonchev–Trinajstić information content (AvgIpc) is 2.14. The molecule has 0 aliphatic carbocycles. The van der Waals surface area contributed by atoms with Crippen molar-refractivity contribution in [2.75, 3.05) is 13.1 Å². The van der Waals surface area contributed by atoms with Crippen LogP contribution in [0.4, 0.5) is 0 Å². The summed E-state index contributed by atoms with van der Waals surface area (Å²) < 4.78 is 0. The van der Waals surface area contributed by atoms with Gasteiger partial charge in [-0.3, -0.25) is 4.79 Å². The highest BCUT2D eigenvalue weighted by molar-refractivity contribution is 5.94. The van der Waals surface area contributed by atoms with Crippen LogP contribution in [-0.4, -0.2) is 44.8 Å². The Balaban J connectivity index is 2.05. The number of amides is 1. The monoisotopic (exact) mass is 193 g/mol. The minimum Gasteiger partial charge on any atom is -0.386 e. The van der Waals surface area contributed by atoms with Crippen LogP contribution in [0.2, 0.25) is 0 Å². The minimum absolute atomic E-state index is 0.105. The molecular weight excluding hydrogens is 182 g/mol. The van der Waals surface area contributed by atoms with Crippen LogP contribution in [0.3, 0.4) is 0 Å². The van der Waals surface area contributed by atoms with Gasteiger partial charge in [-0.05, 0) is 13.0 Å². The topological polar surface area (TPSA) is 66.3 Å². The Morgan fingerprint density at radius 3 is 2.79 bits per heavy atom. The second-order valence-corrected chi connectivity index (χ2v) is 3.79. The highest BCUT2D eigenvalue weighted by Crippen LogP contribution is 2.21. The number of likely N-dealkylation sites (tertiary alicyclic amines) is 1. The molecule has 0 aromatic carbocycles. The van der Waals surface area contributed by atoms with E-state index in [-0.39, 0.29) is 5.91 Å². The molecule has 5 heteroatoms. The number of hydrogen-bond donors (Lipinski definition) is 1. The van der Waals surface area contributed by atoms with Crippen molar-refractivity contribution in [3.05, 3.63) is 24.0 Å². The average molecular weight is 193 g/mol. The van der Waals surface area contributed by atoms with Crippen LogP contribution in [-0.2, 0) is 0 Å². The molecule has 0 radical (unpaired) electrons. The Morgan fingerprint density at radius 2 is 2.29 bits per heavy atom. The van der Waals surface area contributed by atoms with Crippen LogP contribution in [0, 0.1) is 0 Å². The van der Waals surface area contributed by atoms with Crippen LogP contribution in [0.15, 0.2) is 18.5 Å². The van der Waals surface area contributed by atoms with Crippen molar-refractivity contribution >= 4 is 5.91 Å². The molecule has 1 N–H and O–H groups in total. The molecule has 0 unspecified atom stereocenters. The highest BCUT2D eigenvalue weighted by Gasteiger charge is 2.39. The number of carbonyl (C=O) groups excluding carboxylic acids is 1. The number of carbonyl (C=O) groups is 1. The summed E-state index contributed by atoms with van der Waals surface area (Å²) in [7, 11) is 0. The molecule has 1 fully saturated rings. The minimum atomic E-state index is -0.726. The van der Waals surface area contributed by atoms with Gasteiger partial charge in [0.15, 0.2) is 0 Å². The SMILES string of the molecule is CC1(O)CN(C(=O)c2ccnnc2)C1. The molecule has 14 heavy (non-hydrogen) atoms. The summed E-state index contributed by atoms with van der Waals surface area (Å²) in [5.41, 5.74) is -0.216. The lowest BCUT2D eigenvalue weighted by Gasteiger charge is -2.44. The quantitative estimate of drug-likeness (QED) is 0.664. The first kappa shape index (κ1) is 9.08. The van der Waals surface area contributed by atoms with Crippen LogP contribution < -0.4 is 0 Å². The lowest BCUT2D eigenvalue weighted by molar-refractivity contribution is -0.0668. The lowest BCUT2D eigenvalue weighted by Crippen LogP contribution is -2.61. The number of aliphatic hydroxyl groups is 1. The highest BCUT2D eigenvalue weighted by atomic mass is 16.3. The molecule has 0 spiro atoms. The van der Waals surface area contributed by atoms with Gasteiger partial charge < -0.3 is 10.0 Å². The molecule has 1 aliphatic rings. The van der Waals surface area contributed by atoms with Crippen LogP contribution in [0.25, 0.3) is 0 Å². The molecule has 5 nitrogen and oxygen atoms in total. The molecular formula is C9H11N3O2. The maximum Gasteiger partial charge on any atom is 0.255 e. The van der Waals surface area contributed by atoms with Crippen molar-refractivity contribution < 1.29 is 9.90 Å². The van der Waals surface area contributed by atoms with Crippen molar-refractivity contribution in [2.24, 2.45) is 0 Å². The fourth-order valence-corrected chi connectivity index (χ4v) is 1.52. The zero-order chi connectivity index (χ0) is 10.2. The van der Waals surface area contributed by atoms with Gasteiger partial charge in [0.2, 0.25) is 0 Å². The number of β-amino-alcohol motifs (C(OH)–C–C–N with tert-alkyl or cyclic N) is 1. The Kier molecular flexibility index (Phi) is 1.96. The van der Waals surface area contributed by atoms with Gasteiger partial charge in [0.05, 0.1) is 36.6 Å². The van der Waals surface area contributed by atoms with Crippen LogP contribution >= 0.6 is 0 Å². The summed E-state index contributed by atoms with van der Waals surface area (Å²) in [4.78, 5) is 13.2. The fraction of sp³-hybridized carbons (Fsp3) is 0.444. The fourth-order valence-electron chi connectivity index (χ4n) is 1.52. The molecule has 2 heterocycles. The first-order chi connectivity index (χ1) is 6.58. The van der Waals surface area contributed by atoms with Crippen molar-refractivity contribution in [1.82, 2.24) is 15.1 Å². The van der Waals surface area contributed by atoms with Crippen molar-refractivity contribution in [1.29, 1.82) is 0 Å². The number of hydrogen-bond acceptors (Lipinski definition) is 4. The molecule has 1 aromatic heterocycles. The van der Waals surface area contributed by atoms with Gasteiger partial charge in [0, 0.05) is 0 Å². The normalized spacial score (nSPS) is 18.9. The maximum atomic E-state index is 11.7. The lowest BCUT2D eigenvalue weighted by atomic mass is 9.96. The number of nitrogens with zero attached hydrogens (tertiary/aromatic N) is 3. The molecule has 1 amide bonds. The first-order valence-electron chi connectivity index (χ1n) is 4.37. The number of rotatable bonds is 1. The van der Waals surface area contributed by atoms with E-state index in [9.17, 15) is 9.90 Å². The molecule has 2 rings (SSSR count). The molecule has 1 aliphatic heterocycles. The van der Waals surface area contributed by atoms with Crippen LogP contribution in [0.5, 0.6) is 0 Å². The third-order valence-corrected chi connectivity index (χ3v) is 2.18. The Labute approximate surface area is 81.4 Å². The van der Waals surface area contributed by atoms with Crippen molar-refractivity contribution in [3.63, 3.8) is 0 Å². The van der Waals surface area contributed by atoms with E-state index in [1.165, 1.54) is 12.4 Å². The van der Waals surface area contributed by atoms with Gasteiger partial charge in [0.25, 0.3) is 5.91 Å². The predicted molar refractivity (Wildman–Crippen MR) is 48.6 cm³/mol. The second-order valence-electron chi connectivity index (χ2n) is 3.79. The smallest absolute Gasteiger partial charge is 0.255 e. The van der Waals surface area contributed by atoms with Gasteiger partial charge in [-0.2, -0.15) is 10.2 Å². The third kappa shape index (κ3) is 1.58. The van der Waals surface area contributed by atoms with Gasteiger partial charge in [0.1, 0.15) is 0 Å². The predicted octanol–water partition coefficient (Wildman–Crippen LogP) is -0.317. The third-order valence-electron chi connectivity index (χ3n) is 2.18. The molecule has 0 atom stereocenters.